The maximum atomic E-state index is 3.95. The highest BCUT2D eigenvalue weighted by Gasteiger charge is 2.48. The summed E-state index contributed by atoms with van der Waals surface area (Å²) >= 11 is 3.74. The molecule has 470 valence electrons. The third-order valence-electron chi connectivity index (χ3n) is 20.0. The fourth-order valence-electron chi connectivity index (χ4n) is 15.1. The third-order valence-corrected chi connectivity index (χ3v) is 22.1. The van der Waals surface area contributed by atoms with Gasteiger partial charge in [0.25, 0.3) is 0 Å². The summed E-state index contributed by atoms with van der Waals surface area (Å²) in [6, 6.07) is 127. The van der Waals surface area contributed by atoms with Gasteiger partial charge in [0, 0.05) is 55.4 Å². The zero-order valence-corrected chi connectivity index (χ0v) is 56.7. The number of nitrogens with zero attached hydrogens (tertiary/aromatic N) is 2. The standard InChI is InChI=1S/C94H72N2S2/c1-5-67-29-33-69(34-30-67)63-97-83-55-45-75(46-56-83)93(73-41-25-65(3)26-42-73)89-23-15-13-21-85(89)87-59-53-81(61-91(87)93)95(77-17-9-7-10-18-77)79-49-37-71(38-50-79)72-39-51-80(52-40-72)96(78-19-11-8-12-20-78)82-54-60-88-86-22-14-16-24-90(86)94(92(88)62-82,74-43-27-66(4)28-44-74)76-47-57-84(58-48-76)98-64-70-35-31-68(6-2)32-36-70/h5-62H,1-2,63-64H2,3-4H3. The Balaban J connectivity index is 0.742. The fourth-order valence-corrected chi connectivity index (χ4v) is 16.8. The van der Waals surface area contributed by atoms with Crippen molar-refractivity contribution in [2.75, 3.05) is 9.80 Å². The van der Waals surface area contributed by atoms with E-state index in [1.54, 1.807) is 0 Å². The maximum absolute atomic E-state index is 3.95. The molecule has 16 rings (SSSR count). The van der Waals surface area contributed by atoms with Gasteiger partial charge in [-0.25, -0.2) is 0 Å². The van der Waals surface area contributed by atoms with E-state index in [4.69, 9.17) is 0 Å². The molecular weight excluding hydrogens is 1220 g/mol. The Morgan fingerprint density at radius 3 is 0.949 bits per heavy atom. The summed E-state index contributed by atoms with van der Waals surface area (Å²) in [6.07, 6.45) is 3.80. The lowest BCUT2D eigenvalue weighted by molar-refractivity contribution is 0.766. The second-order valence-corrected chi connectivity index (χ2v) is 27.8. The number of aryl methyl sites for hydroxylation is 2. The van der Waals surface area contributed by atoms with Crippen molar-refractivity contribution in [2.24, 2.45) is 0 Å². The summed E-state index contributed by atoms with van der Waals surface area (Å²) in [5.74, 6) is 1.78. The summed E-state index contributed by atoms with van der Waals surface area (Å²) in [6.45, 7) is 12.3. The number of para-hydroxylation sites is 2. The van der Waals surface area contributed by atoms with Crippen LogP contribution < -0.4 is 9.80 Å². The van der Waals surface area contributed by atoms with E-state index in [1.807, 2.05) is 35.7 Å². The van der Waals surface area contributed by atoms with Crippen LogP contribution in [0.25, 0.3) is 45.5 Å². The number of anilines is 6. The van der Waals surface area contributed by atoms with Gasteiger partial charge in [-0.1, -0.05) is 279 Å². The van der Waals surface area contributed by atoms with Crippen molar-refractivity contribution in [1.82, 2.24) is 0 Å². The van der Waals surface area contributed by atoms with Crippen LogP contribution in [0, 0.1) is 13.8 Å². The molecule has 0 amide bonds. The van der Waals surface area contributed by atoms with E-state index in [1.165, 1.54) is 98.8 Å². The summed E-state index contributed by atoms with van der Waals surface area (Å²) in [7, 11) is 0. The normalized spacial score (nSPS) is 14.8. The molecule has 2 aliphatic carbocycles. The van der Waals surface area contributed by atoms with Crippen LogP contribution >= 0.6 is 23.5 Å². The molecule has 0 N–H and O–H groups in total. The molecule has 2 unspecified atom stereocenters. The Bertz CT molecular complexity index is 4870. The minimum atomic E-state index is -0.584. The molecule has 2 aliphatic rings. The molecule has 0 radical (unpaired) electrons. The van der Waals surface area contributed by atoms with Crippen molar-refractivity contribution in [3.8, 4) is 33.4 Å². The first-order valence-electron chi connectivity index (χ1n) is 33.7. The molecule has 2 nitrogen and oxygen atoms in total. The Morgan fingerprint density at radius 1 is 0.286 bits per heavy atom. The van der Waals surface area contributed by atoms with E-state index in [9.17, 15) is 0 Å². The van der Waals surface area contributed by atoms with E-state index in [-0.39, 0.29) is 0 Å². The number of hydrogen-bond acceptors (Lipinski definition) is 4. The van der Waals surface area contributed by atoms with Gasteiger partial charge in [-0.15, -0.1) is 23.5 Å². The Labute approximate surface area is 585 Å². The quantitative estimate of drug-likeness (QED) is 0.0744. The smallest absolute Gasteiger partial charge is 0.0714 e. The van der Waals surface area contributed by atoms with Gasteiger partial charge in [0.05, 0.1) is 10.8 Å². The van der Waals surface area contributed by atoms with Crippen molar-refractivity contribution in [1.29, 1.82) is 0 Å². The van der Waals surface area contributed by atoms with Crippen LogP contribution in [0.4, 0.5) is 34.1 Å². The number of benzene rings is 14. The van der Waals surface area contributed by atoms with E-state index < -0.39 is 10.8 Å². The molecule has 98 heavy (non-hydrogen) atoms. The van der Waals surface area contributed by atoms with E-state index in [0.29, 0.717) is 0 Å². The minimum Gasteiger partial charge on any atom is -0.310 e. The molecule has 14 aromatic carbocycles. The molecule has 0 saturated carbocycles. The predicted molar refractivity (Wildman–Crippen MR) is 418 cm³/mol. The summed E-state index contributed by atoms with van der Waals surface area (Å²) in [4.78, 5) is 7.31. The van der Waals surface area contributed by atoms with Crippen LogP contribution in [-0.2, 0) is 22.3 Å². The van der Waals surface area contributed by atoms with Crippen LogP contribution in [0.1, 0.15) is 77.9 Å². The zero-order valence-electron chi connectivity index (χ0n) is 55.0. The number of rotatable bonds is 19. The first kappa shape index (κ1) is 61.7. The molecule has 0 fully saturated rings. The van der Waals surface area contributed by atoms with Gasteiger partial charge in [-0.2, -0.15) is 0 Å². The Morgan fingerprint density at radius 2 is 0.592 bits per heavy atom. The topological polar surface area (TPSA) is 6.48 Å². The highest BCUT2D eigenvalue weighted by Crippen LogP contribution is 2.60. The Kier molecular flexibility index (Phi) is 16.7. The molecule has 0 aliphatic heterocycles. The SMILES string of the molecule is C=Cc1ccc(CSc2ccc(C3(c4ccc(C)cc4)c4ccccc4-c4ccc(N(c5ccccc5)c5ccc(-c6ccc(N(c7ccccc7)c7ccc8c(c7)C(c7ccc(C)cc7)(c7ccc(SCc9ccc(C=C)cc9)cc7)c7ccccc7-8)cc6)cc5)cc43)cc2)cc1. The van der Waals surface area contributed by atoms with Crippen molar-refractivity contribution < 1.29 is 0 Å². The monoisotopic (exact) mass is 1290 g/mol. The van der Waals surface area contributed by atoms with E-state index in [2.05, 4.69) is 377 Å². The molecule has 0 saturated heterocycles. The van der Waals surface area contributed by atoms with E-state index in [0.717, 1.165) is 67.9 Å². The van der Waals surface area contributed by atoms with Gasteiger partial charge in [0.15, 0.2) is 0 Å². The van der Waals surface area contributed by atoms with Gasteiger partial charge in [0.2, 0.25) is 0 Å². The van der Waals surface area contributed by atoms with Crippen LogP contribution in [-0.4, -0.2) is 0 Å². The van der Waals surface area contributed by atoms with Crippen molar-refractivity contribution in [3.63, 3.8) is 0 Å². The van der Waals surface area contributed by atoms with Crippen LogP contribution in [0.3, 0.4) is 0 Å². The van der Waals surface area contributed by atoms with Crippen LogP contribution in [0.5, 0.6) is 0 Å². The molecule has 14 aromatic rings. The average Bonchev–Trinajstić information content (AvgIpc) is 1.54. The fraction of sp³-hybridized carbons (Fsp3) is 0.0638. The summed E-state index contributed by atoms with van der Waals surface area (Å²) < 4.78 is 0. The second-order valence-electron chi connectivity index (χ2n) is 25.7. The molecule has 0 bridgehead atoms. The van der Waals surface area contributed by atoms with Gasteiger partial charge in [-0.05, 0) is 211 Å². The van der Waals surface area contributed by atoms with Gasteiger partial charge >= 0.3 is 0 Å². The van der Waals surface area contributed by atoms with Crippen molar-refractivity contribution >= 4 is 69.8 Å². The largest absolute Gasteiger partial charge is 0.310 e. The predicted octanol–water partition coefficient (Wildman–Crippen LogP) is 25.5. The van der Waals surface area contributed by atoms with Crippen molar-refractivity contribution in [2.45, 2.75) is 46.0 Å². The second kappa shape index (κ2) is 26.5. The lowest BCUT2D eigenvalue weighted by atomic mass is 9.67. The molecule has 4 heteroatoms. The lowest BCUT2D eigenvalue weighted by Crippen LogP contribution is -2.28. The van der Waals surface area contributed by atoms with Crippen LogP contribution in [0.15, 0.2) is 363 Å². The van der Waals surface area contributed by atoms with Gasteiger partial charge in [0.1, 0.15) is 0 Å². The molecule has 0 spiro atoms. The Hall–Kier alpha value is -11.1. The van der Waals surface area contributed by atoms with Crippen LogP contribution in [0.2, 0.25) is 0 Å². The molecule has 0 heterocycles. The van der Waals surface area contributed by atoms with Crippen molar-refractivity contribution in [3.05, 3.63) is 431 Å². The zero-order chi connectivity index (χ0) is 66.2. The number of hydrogen-bond donors (Lipinski definition) is 0. The number of fused-ring (bicyclic) bond motifs is 6. The van der Waals surface area contributed by atoms with Gasteiger partial charge < -0.3 is 9.80 Å². The van der Waals surface area contributed by atoms with E-state index >= 15 is 0 Å². The minimum absolute atomic E-state index is 0.584. The maximum Gasteiger partial charge on any atom is 0.0714 e. The summed E-state index contributed by atoms with van der Waals surface area (Å²) in [5, 5.41) is 0. The highest BCUT2D eigenvalue weighted by atomic mass is 32.2. The van der Waals surface area contributed by atoms with Gasteiger partial charge in [-0.3, -0.25) is 0 Å². The highest BCUT2D eigenvalue weighted by molar-refractivity contribution is 7.98. The lowest BCUT2D eigenvalue weighted by Gasteiger charge is -2.35. The number of thioether (sulfide) groups is 2. The molecular formula is C94H72N2S2. The first-order valence-corrected chi connectivity index (χ1v) is 35.7. The summed E-state index contributed by atoms with van der Waals surface area (Å²) in [5.41, 5.74) is 30.1. The molecule has 0 aromatic heterocycles. The third kappa shape index (κ3) is 11.2. The first-order chi connectivity index (χ1) is 48.3. The average molecular weight is 1290 g/mol. The molecule has 2 atom stereocenters.